The first-order valence-electron chi connectivity index (χ1n) is 2.67. The molecular weight excluding hydrogens is 140 g/mol. The van der Waals surface area contributed by atoms with Crippen molar-refractivity contribution < 1.29 is 0 Å². The first kappa shape index (κ1) is 8.88. The molecule has 0 bridgehead atoms. The Balaban J connectivity index is 4.58. The molecule has 0 fully saturated rings. The minimum Gasteiger partial charge on any atom is -0.305 e. The van der Waals surface area contributed by atoms with Crippen LogP contribution in [-0.4, -0.2) is 12.3 Å². The third-order valence-electron chi connectivity index (χ3n) is 0.898. The van der Waals surface area contributed by atoms with Crippen molar-refractivity contribution in [3.05, 3.63) is 23.1 Å². The van der Waals surface area contributed by atoms with Crippen molar-refractivity contribution in [3.8, 4) is 12.1 Å². The first-order valence-corrected chi connectivity index (χ1v) is 2.67. The van der Waals surface area contributed by atoms with Gasteiger partial charge in [0.25, 0.3) is 6.04 Å². The van der Waals surface area contributed by atoms with Crippen LogP contribution in [0.15, 0.2) is 11.6 Å². The lowest BCUT2D eigenvalue weighted by Gasteiger charge is -1.85. The third-order valence-corrected chi connectivity index (χ3v) is 0.898. The molecule has 4 heteroatoms. The Labute approximate surface area is 64.3 Å². The zero-order valence-electron chi connectivity index (χ0n) is 5.57. The Bertz CT molecular complexity index is 278. The van der Waals surface area contributed by atoms with E-state index in [9.17, 15) is 0 Å². The zero-order chi connectivity index (χ0) is 8.69. The van der Waals surface area contributed by atoms with E-state index in [1.54, 1.807) is 12.1 Å². The van der Waals surface area contributed by atoms with Crippen LogP contribution >= 0.6 is 0 Å². The molecule has 1 unspecified atom stereocenters. The molecular formula is C7H4N4. The predicted molar refractivity (Wildman–Crippen MR) is 38.5 cm³/mol. The SMILES string of the molecule is [C-]#[N+]C(C=N)C=C(C#N)C#N. The lowest BCUT2D eigenvalue weighted by atomic mass is 10.2. The fourth-order valence-corrected chi connectivity index (χ4v) is 0.393. The summed E-state index contributed by atoms with van der Waals surface area (Å²) >= 11 is 0. The molecule has 4 nitrogen and oxygen atoms in total. The van der Waals surface area contributed by atoms with E-state index in [1.165, 1.54) is 0 Å². The molecule has 0 rings (SSSR count). The van der Waals surface area contributed by atoms with Gasteiger partial charge in [-0.15, -0.1) is 0 Å². The second kappa shape index (κ2) is 4.73. The maximum Gasteiger partial charge on any atom is 0.278 e. The van der Waals surface area contributed by atoms with Gasteiger partial charge in [-0.2, -0.15) is 10.5 Å². The average Bonchev–Trinajstić information content (AvgIpc) is 2.07. The number of nitrogens with one attached hydrogen (secondary N) is 1. The molecule has 0 aromatic rings. The van der Waals surface area contributed by atoms with E-state index in [4.69, 9.17) is 22.5 Å². The van der Waals surface area contributed by atoms with Gasteiger partial charge < -0.3 is 10.3 Å². The highest BCUT2D eigenvalue weighted by molar-refractivity contribution is 5.67. The smallest absolute Gasteiger partial charge is 0.278 e. The van der Waals surface area contributed by atoms with Crippen molar-refractivity contribution in [1.29, 1.82) is 15.9 Å². The van der Waals surface area contributed by atoms with Crippen LogP contribution in [0.2, 0.25) is 0 Å². The summed E-state index contributed by atoms with van der Waals surface area (Å²) in [6.07, 6.45) is 2.03. The van der Waals surface area contributed by atoms with Gasteiger partial charge in [0.2, 0.25) is 0 Å². The highest BCUT2D eigenvalue weighted by atomic mass is 14.7. The molecule has 1 atom stereocenters. The molecule has 52 valence electrons. The second-order valence-corrected chi connectivity index (χ2v) is 1.59. The van der Waals surface area contributed by atoms with Gasteiger partial charge in [-0.3, -0.25) is 0 Å². The lowest BCUT2D eigenvalue weighted by Crippen LogP contribution is -1.98. The van der Waals surface area contributed by atoms with Crippen LogP contribution in [0.4, 0.5) is 0 Å². The van der Waals surface area contributed by atoms with E-state index in [-0.39, 0.29) is 5.57 Å². The van der Waals surface area contributed by atoms with Gasteiger partial charge in [0.15, 0.2) is 0 Å². The molecule has 0 aromatic heterocycles. The fraction of sp³-hybridized carbons (Fsp3) is 0.143. The van der Waals surface area contributed by atoms with Crippen molar-refractivity contribution >= 4 is 6.21 Å². The topological polar surface area (TPSA) is 75.8 Å². The van der Waals surface area contributed by atoms with Crippen LogP contribution in [0.1, 0.15) is 0 Å². The summed E-state index contributed by atoms with van der Waals surface area (Å²) in [6, 6.07) is 2.42. The van der Waals surface area contributed by atoms with Crippen LogP contribution in [0.25, 0.3) is 4.85 Å². The molecule has 0 aromatic carbocycles. The standard InChI is InChI=1S/C7H4N4/c1-11-7(5-10)2-6(3-8)4-9/h2,5,7,10H. The Morgan fingerprint density at radius 3 is 2.36 bits per heavy atom. The highest BCUT2D eigenvalue weighted by Gasteiger charge is 2.04. The van der Waals surface area contributed by atoms with Crippen molar-refractivity contribution in [2.75, 3.05) is 0 Å². The summed E-state index contributed by atoms with van der Waals surface area (Å²) in [6.45, 7) is 6.51. The monoisotopic (exact) mass is 144 g/mol. The minimum absolute atomic E-state index is 0.130. The van der Waals surface area contributed by atoms with Gasteiger partial charge in [-0.25, -0.2) is 6.57 Å². The third kappa shape index (κ3) is 2.79. The van der Waals surface area contributed by atoms with Crippen LogP contribution in [0.3, 0.4) is 0 Å². The highest BCUT2D eigenvalue weighted by Crippen LogP contribution is 1.95. The minimum atomic E-state index is -0.788. The molecule has 0 radical (unpaired) electrons. The Morgan fingerprint density at radius 2 is 2.09 bits per heavy atom. The molecule has 0 heterocycles. The van der Waals surface area contributed by atoms with Gasteiger partial charge in [0.1, 0.15) is 17.7 Å². The summed E-state index contributed by atoms with van der Waals surface area (Å²) in [5.41, 5.74) is -0.130. The molecule has 0 spiro atoms. The van der Waals surface area contributed by atoms with Gasteiger partial charge in [-0.05, 0) is 0 Å². The van der Waals surface area contributed by atoms with E-state index in [1.807, 2.05) is 0 Å². The van der Waals surface area contributed by atoms with E-state index in [2.05, 4.69) is 4.85 Å². The van der Waals surface area contributed by atoms with E-state index >= 15 is 0 Å². The van der Waals surface area contributed by atoms with Crippen molar-refractivity contribution in [2.45, 2.75) is 6.04 Å². The number of allylic oxidation sites excluding steroid dienone is 1. The van der Waals surface area contributed by atoms with Crippen molar-refractivity contribution in [1.82, 2.24) is 0 Å². The molecule has 1 N–H and O–H groups in total. The molecule has 0 aliphatic rings. The number of nitriles is 2. The van der Waals surface area contributed by atoms with Gasteiger partial charge in [0.05, 0.1) is 6.21 Å². The van der Waals surface area contributed by atoms with Crippen LogP contribution in [0.5, 0.6) is 0 Å². The number of hydrogen-bond acceptors (Lipinski definition) is 3. The van der Waals surface area contributed by atoms with Gasteiger partial charge in [0, 0.05) is 6.08 Å². The van der Waals surface area contributed by atoms with E-state index < -0.39 is 6.04 Å². The maximum atomic E-state index is 8.25. The van der Waals surface area contributed by atoms with E-state index in [0.29, 0.717) is 0 Å². The second-order valence-electron chi connectivity index (χ2n) is 1.59. The van der Waals surface area contributed by atoms with Crippen LogP contribution in [-0.2, 0) is 0 Å². The summed E-state index contributed by atoms with van der Waals surface area (Å²) < 4.78 is 0. The summed E-state index contributed by atoms with van der Waals surface area (Å²) in [4.78, 5) is 2.97. The zero-order valence-corrected chi connectivity index (χ0v) is 5.57. The summed E-state index contributed by atoms with van der Waals surface area (Å²) in [5, 5.41) is 23.2. The van der Waals surface area contributed by atoms with Crippen molar-refractivity contribution in [2.24, 2.45) is 0 Å². The maximum absolute atomic E-state index is 8.25. The lowest BCUT2D eigenvalue weighted by molar-refractivity contribution is 1.28. The predicted octanol–water partition coefficient (Wildman–Crippen LogP) is 0.897. The molecule has 0 saturated carbocycles. The summed E-state index contributed by atoms with van der Waals surface area (Å²) in [7, 11) is 0. The molecule has 0 aliphatic heterocycles. The number of nitrogens with zero attached hydrogens (tertiary/aromatic N) is 3. The molecule has 11 heavy (non-hydrogen) atoms. The first-order chi connectivity index (χ1) is 5.28. The number of hydrogen-bond donors (Lipinski definition) is 1. The largest absolute Gasteiger partial charge is 0.305 e. The molecule has 0 aliphatic carbocycles. The fourth-order valence-electron chi connectivity index (χ4n) is 0.393. The number of rotatable bonds is 2. The normalized spacial score (nSPS) is 9.55. The molecule has 0 saturated heterocycles. The molecule has 0 amide bonds. The van der Waals surface area contributed by atoms with E-state index in [0.717, 1.165) is 12.3 Å². The Hall–Kier alpha value is -2.12. The van der Waals surface area contributed by atoms with Gasteiger partial charge in [-0.1, -0.05) is 0 Å². The Morgan fingerprint density at radius 1 is 1.55 bits per heavy atom. The van der Waals surface area contributed by atoms with Crippen LogP contribution in [0, 0.1) is 34.6 Å². The average molecular weight is 144 g/mol. The quantitative estimate of drug-likeness (QED) is 0.355. The van der Waals surface area contributed by atoms with Crippen molar-refractivity contribution in [3.63, 3.8) is 0 Å². The van der Waals surface area contributed by atoms with Gasteiger partial charge >= 0.3 is 0 Å². The summed E-state index contributed by atoms with van der Waals surface area (Å²) in [5.74, 6) is 0. The Kier molecular flexibility index (Phi) is 3.82. The van der Waals surface area contributed by atoms with Crippen LogP contribution < -0.4 is 0 Å².